The van der Waals surface area contributed by atoms with Crippen molar-refractivity contribution in [1.82, 2.24) is 19.7 Å². The van der Waals surface area contributed by atoms with Gasteiger partial charge in [0.25, 0.3) is 5.92 Å². The highest BCUT2D eigenvalue weighted by atomic mass is 19.3. The number of nitriles is 1. The number of aliphatic hydroxyl groups is 1. The summed E-state index contributed by atoms with van der Waals surface area (Å²) in [6.07, 6.45) is 2.44. The monoisotopic (exact) mass is 455 g/mol. The van der Waals surface area contributed by atoms with Crippen molar-refractivity contribution in [3.05, 3.63) is 53.6 Å². The number of alkyl halides is 2. The normalized spacial score (nSPS) is 16.3. The molecule has 1 aliphatic rings. The van der Waals surface area contributed by atoms with E-state index in [1.165, 1.54) is 27.9 Å². The highest BCUT2D eigenvalue weighted by Gasteiger charge is 2.36. The number of nitrogens with zero attached hydrogens (tertiary/aromatic N) is 6. The molecule has 1 atom stereocenters. The van der Waals surface area contributed by atoms with Crippen LogP contribution in [0.25, 0.3) is 5.69 Å². The standard InChI is InChI=1S/C22H23F2N7O2/c1-14-28-20(30-6-2-5-22(23,24)13-30)8-21(29-14)33-19-7-15(9-25)3-4-17(19)31-12-16(11-27-31)18(32)10-26/h3-4,7-8,11-12,18,32H,2,5-6,10,13,26H2,1H3. The Morgan fingerprint density at radius 2 is 2.15 bits per heavy atom. The van der Waals surface area contributed by atoms with Gasteiger partial charge in [0, 0.05) is 43.4 Å². The Morgan fingerprint density at radius 1 is 1.33 bits per heavy atom. The van der Waals surface area contributed by atoms with Gasteiger partial charge in [-0.2, -0.15) is 15.3 Å². The van der Waals surface area contributed by atoms with Crippen molar-refractivity contribution < 1.29 is 18.6 Å². The third kappa shape index (κ3) is 5.08. The number of aliphatic hydroxyl groups excluding tert-OH is 1. The van der Waals surface area contributed by atoms with Crippen molar-refractivity contribution in [2.24, 2.45) is 5.73 Å². The van der Waals surface area contributed by atoms with E-state index in [2.05, 4.69) is 21.1 Å². The topological polar surface area (TPSA) is 126 Å². The fraction of sp³-hybridized carbons (Fsp3) is 0.364. The van der Waals surface area contributed by atoms with Gasteiger partial charge in [-0.05, 0) is 25.5 Å². The molecule has 3 aromatic rings. The van der Waals surface area contributed by atoms with E-state index in [9.17, 15) is 19.1 Å². The highest BCUT2D eigenvalue weighted by Crippen LogP contribution is 2.33. The predicted octanol–water partition coefficient (Wildman–Crippen LogP) is 2.86. The van der Waals surface area contributed by atoms with Crippen LogP contribution in [-0.4, -0.2) is 50.4 Å². The van der Waals surface area contributed by atoms with Crippen LogP contribution in [0.5, 0.6) is 11.6 Å². The smallest absolute Gasteiger partial charge is 0.265 e. The van der Waals surface area contributed by atoms with Crippen LogP contribution in [0.2, 0.25) is 0 Å². The summed E-state index contributed by atoms with van der Waals surface area (Å²) in [5.74, 6) is -1.64. The van der Waals surface area contributed by atoms with Gasteiger partial charge in [0.15, 0.2) is 5.75 Å². The Hall–Kier alpha value is -3.62. The number of hydrogen-bond acceptors (Lipinski definition) is 8. The molecular formula is C22H23F2N7O2. The minimum absolute atomic E-state index is 0.0426. The van der Waals surface area contributed by atoms with Crippen LogP contribution in [0.3, 0.4) is 0 Å². The summed E-state index contributed by atoms with van der Waals surface area (Å²) in [4.78, 5) is 10.1. The van der Waals surface area contributed by atoms with Crippen molar-refractivity contribution >= 4 is 5.82 Å². The first-order valence-electron chi connectivity index (χ1n) is 10.4. The summed E-state index contributed by atoms with van der Waals surface area (Å²) in [7, 11) is 0. The van der Waals surface area contributed by atoms with Gasteiger partial charge in [-0.15, -0.1) is 0 Å². The van der Waals surface area contributed by atoms with Gasteiger partial charge in [0.1, 0.15) is 17.3 Å². The lowest BCUT2D eigenvalue weighted by atomic mass is 10.1. The summed E-state index contributed by atoms with van der Waals surface area (Å²) in [6, 6.07) is 8.35. The molecule has 3 heterocycles. The number of rotatable bonds is 6. The molecule has 1 fully saturated rings. The van der Waals surface area contributed by atoms with Gasteiger partial charge < -0.3 is 20.5 Å². The molecule has 172 valence electrons. The summed E-state index contributed by atoms with van der Waals surface area (Å²) in [6.45, 7) is 1.73. The van der Waals surface area contributed by atoms with Crippen molar-refractivity contribution in [2.75, 3.05) is 24.5 Å². The van der Waals surface area contributed by atoms with E-state index in [0.29, 0.717) is 41.4 Å². The molecule has 33 heavy (non-hydrogen) atoms. The average molecular weight is 455 g/mol. The number of aryl methyl sites for hydroxylation is 1. The summed E-state index contributed by atoms with van der Waals surface area (Å²) < 4.78 is 35.3. The van der Waals surface area contributed by atoms with Crippen LogP contribution >= 0.6 is 0 Å². The Morgan fingerprint density at radius 3 is 2.88 bits per heavy atom. The first-order chi connectivity index (χ1) is 15.8. The zero-order chi connectivity index (χ0) is 23.6. The lowest BCUT2D eigenvalue weighted by molar-refractivity contribution is -0.0118. The third-order valence-corrected chi connectivity index (χ3v) is 5.28. The fourth-order valence-electron chi connectivity index (χ4n) is 3.64. The predicted molar refractivity (Wildman–Crippen MR) is 116 cm³/mol. The molecule has 3 N–H and O–H groups in total. The van der Waals surface area contributed by atoms with Crippen LogP contribution in [0.1, 0.15) is 35.9 Å². The molecule has 1 aliphatic heterocycles. The van der Waals surface area contributed by atoms with E-state index in [1.54, 1.807) is 25.3 Å². The second kappa shape index (κ2) is 9.09. The molecule has 0 amide bonds. The third-order valence-electron chi connectivity index (χ3n) is 5.28. The van der Waals surface area contributed by atoms with Crippen molar-refractivity contribution in [3.63, 3.8) is 0 Å². The Bertz CT molecular complexity index is 1190. The molecule has 0 aliphatic carbocycles. The van der Waals surface area contributed by atoms with Gasteiger partial charge in [-0.1, -0.05) is 0 Å². The van der Waals surface area contributed by atoms with E-state index in [4.69, 9.17) is 10.5 Å². The molecule has 0 bridgehead atoms. The highest BCUT2D eigenvalue weighted by molar-refractivity contribution is 5.53. The molecule has 1 unspecified atom stereocenters. The largest absolute Gasteiger partial charge is 0.437 e. The van der Waals surface area contributed by atoms with Crippen LogP contribution in [0.15, 0.2) is 36.7 Å². The maximum absolute atomic E-state index is 13.9. The molecular weight excluding hydrogens is 432 g/mol. The molecule has 2 aromatic heterocycles. The second-order valence-corrected chi connectivity index (χ2v) is 7.86. The van der Waals surface area contributed by atoms with E-state index in [-0.39, 0.29) is 24.6 Å². The van der Waals surface area contributed by atoms with Gasteiger partial charge in [0.05, 0.1) is 30.5 Å². The Labute approximate surface area is 189 Å². The molecule has 0 radical (unpaired) electrons. The van der Waals surface area contributed by atoms with Crippen molar-refractivity contribution in [3.8, 4) is 23.4 Å². The summed E-state index contributed by atoms with van der Waals surface area (Å²) in [5.41, 5.74) is 6.89. The zero-order valence-corrected chi connectivity index (χ0v) is 17.9. The molecule has 0 saturated carbocycles. The van der Waals surface area contributed by atoms with Crippen LogP contribution < -0.4 is 15.4 Å². The first kappa shape index (κ1) is 22.6. The quantitative estimate of drug-likeness (QED) is 0.581. The van der Waals surface area contributed by atoms with Crippen LogP contribution in [0, 0.1) is 18.3 Å². The van der Waals surface area contributed by atoms with Crippen molar-refractivity contribution in [1.29, 1.82) is 5.26 Å². The number of piperidine rings is 1. The molecule has 1 aromatic carbocycles. The minimum atomic E-state index is -2.78. The number of aromatic nitrogens is 4. The SMILES string of the molecule is Cc1nc(Oc2cc(C#N)ccc2-n2cc(C(O)CN)cn2)cc(N2CCCC(F)(F)C2)n1. The summed E-state index contributed by atoms with van der Waals surface area (Å²) >= 11 is 0. The minimum Gasteiger partial charge on any atom is -0.437 e. The van der Waals surface area contributed by atoms with E-state index >= 15 is 0 Å². The van der Waals surface area contributed by atoms with E-state index in [0.717, 1.165) is 0 Å². The van der Waals surface area contributed by atoms with Crippen LogP contribution in [0.4, 0.5) is 14.6 Å². The molecule has 4 rings (SSSR count). The summed E-state index contributed by atoms with van der Waals surface area (Å²) in [5, 5.41) is 23.5. The van der Waals surface area contributed by atoms with Gasteiger partial charge in [-0.25, -0.2) is 18.4 Å². The molecule has 9 nitrogen and oxygen atoms in total. The molecule has 0 spiro atoms. The lowest BCUT2D eigenvalue weighted by Gasteiger charge is -2.33. The number of halogens is 2. The first-order valence-corrected chi connectivity index (χ1v) is 10.4. The van der Waals surface area contributed by atoms with Gasteiger partial charge >= 0.3 is 0 Å². The Kier molecular flexibility index (Phi) is 6.22. The number of ether oxygens (including phenoxy) is 1. The lowest BCUT2D eigenvalue weighted by Crippen LogP contribution is -2.43. The molecule has 1 saturated heterocycles. The second-order valence-electron chi connectivity index (χ2n) is 7.86. The van der Waals surface area contributed by atoms with Crippen molar-refractivity contribution in [2.45, 2.75) is 31.8 Å². The number of anilines is 1. The van der Waals surface area contributed by atoms with Gasteiger partial charge in [0.2, 0.25) is 5.88 Å². The van der Waals surface area contributed by atoms with Crippen LogP contribution in [-0.2, 0) is 0 Å². The number of hydrogen-bond donors (Lipinski definition) is 2. The van der Waals surface area contributed by atoms with Gasteiger partial charge in [-0.3, -0.25) is 0 Å². The van der Waals surface area contributed by atoms with E-state index in [1.807, 2.05) is 0 Å². The maximum atomic E-state index is 13.9. The average Bonchev–Trinajstić information content (AvgIpc) is 3.27. The number of nitrogens with two attached hydrogens (primary N) is 1. The number of benzene rings is 1. The maximum Gasteiger partial charge on any atom is 0.265 e. The molecule has 11 heteroatoms. The fourth-order valence-corrected chi connectivity index (χ4v) is 3.64. The zero-order valence-electron chi connectivity index (χ0n) is 17.9. The Balaban J connectivity index is 1.68. The van der Waals surface area contributed by atoms with E-state index < -0.39 is 18.6 Å².